The number of rotatable bonds is 5. The van der Waals surface area contributed by atoms with Crippen molar-refractivity contribution in [1.29, 1.82) is 0 Å². The Balaban J connectivity index is 1.92. The van der Waals surface area contributed by atoms with Gasteiger partial charge in [-0.3, -0.25) is 4.90 Å². The van der Waals surface area contributed by atoms with Crippen molar-refractivity contribution in [2.75, 3.05) is 33.2 Å². The normalized spacial score (nSPS) is 22.7. The molecule has 0 spiro atoms. The van der Waals surface area contributed by atoms with Crippen LogP contribution in [0.25, 0.3) is 0 Å². The summed E-state index contributed by atoms with van der Waals surface area (Å²) in [5.74, 6) is 0.704. The van der Waals surface area contributed by atoms with Crippen molar-refractivity contribution in [3.8, 4) is 0 Å². The number of hydrogen-bond donors (Lipinski definition) is 1. The Labute approximate surface area is 130 Å². The van der Waals surface area contributed by atoms with Gasteiger partial charge in [0, 0.05) is 38.3 Å². The number of benzene rings is 1. The van der Waals surface area contributed by atoms with E-state index in [1.165, 1.54) is 11.1 Å². The molecule has 1 aromatic carbocycles. The Bertz CT molecular complexity index is 427. The summed E-state index contributed by atoms with van der Waals surface area (Å²) in [7, 11) is 2.20. The summed E-state index contributed by atoms with van der Waals surface area (Å²) in [6.45, 7) is 11.2. The maximum Gasteiger partial charge on any atom is 0.0424 e. The zero-order chi connectivity index (χ0) is 15.4. The number of nitrogens with zero attached hydrogens (tertiary/aromatic N) is 2. The first-order chi connectivity index (χ1) is 9.95. The first-order valence-electron chi connectivity index (χ1n) is 8.22. The molecule has 21 heavy (non-hydrogen) atoms. The summed E-state index contributed by atoms with van der Waals surface area (Å²) < 4.78 is 0. The lowest BCUT2D eigenvalue weighted by Crippen LogP contribution is -2.52. The average molecular weight is 289 g/mol. The van der Waals surface area contributed by atoms with Gasteiger partial charge in [0.25, 0.3) is 0 Å². The number of piperazine rings is 1. The topological polar surface area (TPSA) is 32.5 Å². The summed E-state index contributed by atoms with van der Waals surface area (Å²) in [5, 5.41) is 0. The molecule has 0 aliphatic carbocycles. The van der Waals surface area contributed by atoms with Crippen molar-refractivity contribution >= 4 is 0 Å². The molecule has 1 aliphatic rings. The minimum atomic E-state index is 0.115. The van der Waals surface area contributed by atoms with E-state index in [-0.39, 0.29) is 6.04 Å². The minimum Gasteiger partial charge on any atom is -0.323 e. The van der Waals surface area contributed by atoms with Gasteiger partial charge in [-0.1, -0.05) is 38.1 Å². The van der Waals surface area contributed by atoms with Crippen LogP contribution in [0.3, 0.4) is 0 Å². The second-order valence-corrected chi connectivity index (χ2v) is 7.05. The van der Waals surface area contributed by atoms with Gasteiger partial charge in [-0.25, -0.2) is 0 Å². The third-order valence-corrected chi connectivity index (χ3v) is 4.45. The molecular weight excluding hydrogens is 258 g/mol. The van der Waals surface area contributed by atoms with Crippen LogP contribution >= 0.6 is 0 Å². The summed E-state index contributed by atoms with van der Waals surface area (Å²) >= 11 is 0. The van der Waals surface area contributed by atoms with Crippen LogP contribution in [0.4, 0.5) is 0 Å². The van der Waals surface area contributed by atoms with Crippen molar-refractivity contribution in [2.24, 2.45) is 11.7 Å². The Kier molecular flexibility index (Phi) is 5.80. The first kappa shape index (κ1) is 16.5. The molecule has 2 unspecified atom stereocenters. The van der Waals surface area contributed by atoms with Crippen LogP contribution in [0.5, 0.6) is 0 Å². The van der Waals surface area contributed by atoms with Crippen molar-refractivity contribution < 1.29 is 0 Å². The molecule has 2 N–H and O–H groups in total. The zero-order valence-electron chi connectivity index (χ0n) is 14.0. The Morgan fingerprint density at radius 2 is 1.86 bits per heavy atom. The maximum atomic E-state index is 6.42. The van der Waals surface area contributed by atoms with Gasteiger partial charge in [0.1, 0.15) is 0 Å². The van der Waals surface area contributed by atoms with Gasteiger partial charge in [0.05, 0.1) is 0 Å². The molecule has 3 heteroatoms. The van der Waals surface area contributed by atoms with Gasteiger partial charge in [0.2, 0.25) is 0 Å². The number of hydrogen-bond acceptors (Lipinski definition) is 3. The van der Waals surface area contributed by atoms with E-state index in [1.807, 2.05) is 0 Å². The lowest BCUT2D eigenvalue weighted by molar-refractivity contribution is 0.0945. The predicted octanol–water partition coefficient (Wildman–Crippen LogP) is 2.52. The zero-order valence-corrected chi connectivity index (χ0v) is 14.0. The molecule has 1 aliphatic heterocycles. The number of nitrogens with two attached hydrogens (primary N) is 1. The molecule has 0 radical (unpaired) electrons. The molecule has 2 rings (SSSR count). The highest BCUT2D eigenvalue weighted by Crippen LogP contribution is 2.17. The van der Waals surface area contributed by atoms with Gasteiger partial charge in [-0.15, -0.1) is 0 Å². The van der Waals surface area contributed by atoms with Crippen molar-refractivity contribution in [2.45, 2.75) is 39.3 Å². The Morgan fingerprint density at radius 1 is 1.19 bits per heavy atom. The van der Waals surface area contributed by atoms with Crippen LogP contribution in [0, 0.1) is 5.92 Å². The van der Waals surface area contributed by atoms with E-state index < -0.39 is 0 Å². The summed E-state index contributed by atoms with van der Waals surface area (Å²) in [4.78, 5) is 4.92. The molecule has 118 valence electrons. The van der Waals surface area contributed by atoms with Crippen molar-refractivity contribution in [3.63, 3.8) is 0 Å². The average Bonchev–Trinajstić information content (AvgIpc) is 2.42. The van der Waals surface area contributed by atoms with Crippen LogP contribution < -0.4 is 5.73 Å². The van der Waals surface area contributed by atoms with E-state index in [4.69, 9.17) is 5.73 Å². The van der Waals surface area contributed by atoms with E-state index in [0.29, 0.717) is 12.0 Å². The van der Waals surface area contributed by atoms with Crippen LogP contribution in [-0.4, -0.2) is 49.1 Å². The van der Waals surface area contributed by atoms with E-state index in [0.717, 1.165) is 32.6 Å². The monoisotopic (exact) mass is 289 g/mol. The Hall–Kier alpha value is -0.900. The molecular formula is C18H31N3. The summed E-state index contributed by atoms with van der Waals surface area (Å²) in [6, 6.07) is 9.61. The minimum absolute atomic E-state index is 0.115. The van der Waals surface area contributed by atoms with E-state index in [1.54, 1.807) is 0 Å². The van der Waals surface area contributed by atoms with Crippen LogP contribution in [0.2, 0.25) is 0 Å². The highest BCUT2D eigenvalue weighted by atomic mass is 15.3. The van der Waals surface area contributed by atoms with Crippen LogP contribution in [0.15, 0.2) is 24.3 Å². The molecule has 0 bridgehead atoms. The molecule has 1 fully saturated rings. The van der Waals surface area contributed by atoms with Crippen LogP contribution in [-0.2, 0) is 6.42 Å². The standard InChI is InChI=1S/C18H31N3/c1-14(2)11-16-5-7-17(8-6-16)18(19)13-21-10-9-20(4)12-15(21)3/h5-8,14-15,18H,9-13,19H2,1-4H3. The van der Waals surface area contributed by atoms with Crippen LogP contribution in [0.1, 0.15) is 37.9 Å². The molecule has 0 aromatic heterocycles. The largest absolute Gasteiger partial charge is 0.323 e. The van der Waals surface area contributed by atoms with Gasteiger partial charge >= 0.3 is 0 Å². The van der Waals surface area contributed by atoms with Gasteiger partial charge < -0.3 is 10.6 Å². The van der Waals surface area contributed by atoms with E-state index >= 15 is 0 Å². The Morgan fingerprint density at radius 3 is 2.43 bits per heavy atom. The quantitative estimate of drug-likeness (QED) is 0.904. The van der Waals surface area contributed by atoms with Crippen molar-refractivity contribution in [1.82, 2.24) is 9.80 Å². The molecule has 1 heterocycles. The predicted molar refractivity (Wildman–Crippen MR) is 90.4 cm³/mol. The van der Waals surface area contributed by atoms with E-state index in [2.05, 4.69) is 61.9 Å². The molecule has 3 nitrogen and oxygen atoms in total. The fourth-order valence-electron chi connectivity index (χ4n) is 3.18. The second kappa shape index (κ2) is 7.39. The van der Waals surface area contributed by atoms with Crippen molar-refractivity contribution in [3.05, 3.63) is 35.4 Å². The molecule has 0 saturated carbocycles. The summed E-state index contributed by atoms with van der Waals surface area (Å²) in [5.41, 5.74) is 9.09. The maximum absolute atomic E-state index is 6.42. The smallest absolute Gasteiger partial charge is 0.0424 e. The lowest BCUT2D eigenvalue weighted by Gasteiger charge is -2.39. The fourth-order valence-corrected chi connectivity index (χ4v) is 3.18. The second-order valence-electron chi connectivity index (χ2n) is 7.05. The fraction of sp³-hybridized carbons (Fsp3) is 0.667. The molecule has 1 aromatic rings. The van der Waals surface area contributed by atoms with Gasteiger partial charge in [0.15, 0.2) is 0 Å². The highest BCUT2D eigenvalue weighted by molar-refractivity contribution is 5.25. The third-order valence-electron chi connectivity index (χ3n) is 4.45. The van der Waals surface area contributed by atoms with Gasteiger partial charge in [-0.05, 0) is 37.4 Å². The van der Waals surface area contributed by atoms with Gasteiger partial charge in [-0.2, -0.15) is 0 Å². The third kappa shape index (κ3) is 4.80. The first-order valence-corrected chi connectivity index (χ1v) is 8.22. The lowest BCUT2D eigenvalue weighted by atomic mass is 9.99. The SMILES string of the molecule is CC(C)Cc1ccc(C(N)CN2CCN(C)CC2C)cc1. The molecule has 1 saturated heterocycles. The summed E-state index contributed by atoms with van der Waals surface area (Å²) in [6.07, 6.45) is 1.14. The highest BCUT2D eigenvalue weighted by Gasteiger charge is 2.23. The van der Waals surface area contributed by atoms with E-state index in [9.17, 15) is 0 Å². The number of likely N-dealkylation sites (N-methyl/N-ethyl adjacent to an activating group) is 1. The molecule has 0 amide bonds. The molecule has 2 atom stereocenters.